The fraction of sp³-hybridized carbons (Fsp3) is 0.500. The van der Waals surface area contributed by atoms with Gasteiger partial charge in [-0.05, 0) is 26.8 Å². The van der Waals surface area contributed by atoms with Gasteiger partial charge in [0.05, 0.1) is 0 Å². The number of hydrogen-bond donors (Lipinski definition) is 1. The third-order valence-corrected chi connectivity index (χ3v) is 2.36. The molecule has 5 heteroatoms. The van der Waals surface area contributed by atoms with Crippen molar-refractivity contribution in [3.8, 4) is 0 Å². The maximum atomic E-state index is 5.48. The Morgan fingerprint density at radius 2 is 2.13 bits per heavy atom. The van der Waals surface area contributed by atoms with Crippen molar-refractivity contribution in [2.24, 2.45) is 5.73 Å². The fourth-order valence-electron chi connectivity index (χ4n) is 1.72. The summed E-state index contributed by atoms with van der Waals surface area (Å²) in [7, 11) is 0. The second-order valence-electron chi connectivity index (χ2n) is 3.65. The van der Waals surface area contributed by atoms with Crippen LogP contribution in [-0.4, -0.2) is 26.1 Å². The Morgan fingerprint density at radius 3 is 2.87 bits per heavy atom. The lowest BCUT2D eigenvalue weighted by molar-refractivity contribution is 0.757. The van der Waals surface area contributed by atoms with Gasteiger partial charge in [-0.1, -0.05) is 0 Å². The van der Waals surface area contributed by atoms with Gasteiger partial charge in [-0.2, -0.15) is 0 Å². The third-order valence-electron chi connectivity index (χ3n) is 2.36. The molecule has 2 N–H and O–H groups in total. The van der Waals surface area contributed by atoms with Crippen LogP contribution in [0.4, 0.5) is 0 Å². The lowest BCUT2D eigenvalue weighted by Gasteiger charge is -2.03. The van der Waals surface area contributed by atoms with E-state index < -0.39 is 0 Å². The number of hydrogen-bond acceptors (Lipinski definition) is 4. The molecule has 5 nitrogen and oxygen atoms in total. The molecule has 0 unspecified atom stereocenters. The van der Waals surface area contributed by atoms with Crippen molar-refractivity contribution in [3.63, 3.8) is 0 Å². The van der Waals surface area contributed by atoms with E-state index in [9.17, 15) is 0 Å². The van der Waals surface area contributed by atoms with Crippen molar-refractivity contribution in [2.75, 3.05) is 6.54 Å². The van der Waals surface area contributed by atoms with E-state index in [4.69, 9.17) is 5.73 Å². The van der Waals surface area contributed by atoms with Gasteiger partial charge in [-0.15, -0.1) is 10.2 Å². The molecule has 0 aliphatic rings. The first kappa shape index (κ1) is 10.0. The van der Waals surface area contributed by atoms with Crippen LogP contribution in [0, 0.1) is 13.8 Å². The van der Waals surface area contributed by atoms with Crippen LogP contribution in [0.1, 0.15) is 23.8 Å². The largest absolute Gasteiger partial charge is 0.330 e. The summed E-state index contributed by atoms with van der Waals surface area (Å²) in [5.41, 5.74) is 7.32. The Labute approximate surface area is 88.3 Å². The van der Waals surface area contributed by atoms with Gasteiger partial charge in [0.15, 0.2) is 5.65 Å². The van der Waals surface area contributed by atoms with E-state index in [1.165, 1.54) is 0 Å². The zero-order chi connectivity index (χ0) is 10.8. The van der Waals surface area contributed by atoms with Crippen molar-refractivity contribution in [3.05, 3.63) is 23.4 Å². The summed E-state index contributed by atoms with van der Waals surface area (Å²) < 4.78 is 1.99. The van der Waals surface area contributed by atoms with Crippen LogP contribution < -0.4 is 5.73 Å². The minimum Gasteiger partial charge on any atom is -0.330 e. The second kappa shape index (κ2) is 3.94. The van der Waals surface area contributed by atoms with Gasteiger partial charge in [-0.25, -0.2) is 4.98 Å². The quantitative estimate of drug-likeness (QED) is 0.798. The molecule has 2 heterocycles. The lowest BCUT2D eigenvalue weighted by atomic mass is 10.3. The normalized spacial score (nSPS) is 11.1. The van der Waals surface area contributed by atoms with E-state index in [1.807, 2.05) is 24.3 Å². The number of fused-ring (bicyclic) bond motifs is 1. The average molecular weight is 205 g/mol. The van der Waals surface area contributed by atoms with E-state index in [1.54, 1.807) is 0 Å². The summed E-state index contributed by atoms with van der Waals surface area (Å²) in [6, 6.07) is 1.94. The molecule has 0 aliphatic carbocycles. The number of nitrogens with zero attached hydrogens (tertiary/aromatic N) is 4. The lowest BCUT2D eigenvalue weighted by Crippen LogP contribution is -2.05. The van der Waals surface area contributed by atoms with Gasteiger partial charge in [0, 0.05) is 18.2 Å². The number of aromatic nitrogens is 4. The first-order valence-electron chi connectivity index (χ1n) is 5.10. The summed E-state index contributed by atoms with van der Waals surface area (Å²) in [5, 5.41) is 8.28. The van der Waals surface area contributed by atoms with Crippen LogP contribution in [0.15, 0.2) is 6.07 Å². The van der Waals surface area contributed by atoms with E-state index in [0.29, 0.717) is 6.54 Å². The van der Waals surface area contributed by atoms with Crippen molar-refractivity contribution in [1.82, 2.24) is 19.6 Å². The number of nitrogens with two attached hydrogens (primary N) is 1. The Kier molecular flexibility index (Phi) is 2.64. The van der Waals surface area contributed by atoms with Gasteiger partial charge in [-0.3, -0.25) is 4.40 Å². The standard InChI is InChI=1S/C10H15N5/c1-7-6-10-14-13-9(4-3-5-11)15(10)8(2)12-7/h6H,3-5,11H2,1-2H3. The minimum atomic E-state index is 0.674. The highest BCUT2D eigenvalue weighted by Crippen LogP contribution is 2.09. The van der Waals surface area contributed by atoms with Gasteiger partial charge in [0.1, 0.15) is 11.6 Å². The highest BCUT2D eigenvalue weighted by Gasteiger charge is 2.08. The van der Waals surface area contributed by atoms with Crippen molar-refractivity contribution in [1.29, 1.82) is 0 Å². The van der Waals surface area contributed by atoms with Gasteiger partial charge < -0.3 is 5.73 Å². The maximum absolute atomic E-state index is 5.48. The molecular formula is C10H15N5. The first-order chi connectivity index (χ1) is 7.22. The fourth-order valence-corrected chi connectivity index (χ4v) is 1.72. The molecule has 15 heavy (non-hydrogen) atoms. The molecule has 0 amide bonds. The Balaban J connectivity index is 2.49. The molecule has 0 radical (unpaired) electrons. The smallest absolute Gasteiger partial charge is 0.164 e. The Hall–Kier alpha value is -1.49. The van der Waals surface area contributed by atoms with Crippen LogP contribution in [0.2, 0.25) is 0 Å². The summed E-state index contributed by atoms with van der Waals surface area (Å²) in [4.78, 5) is 4.39. The average Bonchev–Trinajstić information content (AvgIpc) is 2.58. The zero-order valence-electron chi connectivity index (χ0n) is 9.06. The molecule has 0 aromatic carbocycles. The first-order valence-corrected chi connectivity index (χ1v) is 5.10. The molecule has 0 saturated carbocycles. The van der Waals surface area contributed by atoms with Crippen molar-refractivity contribution in [2.45, 2.75) is 26.7 Å². The van der Waals surface area contributed by atoms with Gasteiger partial charge in [0.2, 0.25) is 0 Å². The monoisotopic (exact) mass is 205 g/mol. The number of aryl methyl sites for hydroxylation is 3. The molecular weight excluding hydrogens is 190 g/mol. The van der Waals surface area contributed by atoms with E-state index in [0.717, 1.165) is 35.8 Å². The molecule has 0 bridgehead atoms. The topological polar surface area (TPSA) is 69.1 Å². The molecule has 0 fully saturated rings. The summed E-state index contributed by atoms with van der Waals surface area (Å²) in [6.45, 7) is 4.60. The summed E-state index contributed by atoms with van der Waals surface area (Å²) in [6.07, 6.45) is 1.78. The molecule has 0 aliphatic heterocycles. The summed E-state index contributed by atoms with van der Waals surface area (Å²) in [5.74, 6) is 1.88. The highest BCUT2D eigenvalue weighted by atomic mass is 15.3. The molecule has 2 aromatic heterocycles. The van der Waals surface area contributed by atoms with Crippen LogP contribution in [0.5, 0.6) is 0 Å². The zero-order valence-corrected chi connectivity index (χ0v) is 9.06. The highest BCUT2D eigenvalue weighted by molar-refractivity contribution is 5.39. The molecule has 2 rings (SSSR count). The molecule has 0 spiro atoms. The molecule has 0 saturated heterocycles. The van der Waals surface area contributed by atoms with Crippen molar-refractivity contribution >= 4 is 5.65 Å². The summed E-state index contributed by atoms with van der Waals surface area (Å²) >= 11 is 0. The predicted molar refractivity (Wildman–Crippen MR) is 57.6 cm³/mol. The maximum Gasteiger partial charge on any atom is 0.164 e. The van der Waals surface area contributed by atoms with Crippen LogP contribution in [-0.2, 0) is 6.42 Å². The number of rotatable bonds is 3. The van der Waals surface area contributed by atoms with Gasteiger partial charge in [0.25, 0.3) is 0 Å². The predicted octanol–water partition coefficient (Wildman–Crippen LogP) is 0.632. The minimum absolute atomic E-state index is 0.674. The van der Waals surface area contributed by atoms with E-state index in [2.05, 4.69) is 15.2 Å². The second-order valence-corrected chi connectivity index (χ2v) is 3.65. The van der Waals surface area contributed by atoms with Gasteiger partial charge >= 0.3 is 0 Å². The SMILES string of the molecule is Cc1cc2nnc(CCCN)n2c(C)n1. The van der Waals surface area contributed by atoms with Crippen LogP contribution in [0.3, 0.4) is 0 Å². The van der Waals surface area contributed by atoms with E-state index >= 15 is 0 Å². The molecule has 0 atom stereocenters. The molecule has 80 valence electrons. The van der Waals surface area contributed by atoms with Crippen LogP contribution >= 0.6 is 0 Å². The van der Waals surface area contributed by atoms with E-state index in [-0.39, 0.29) is 0 Å². The van der Waals surface area contributed by atoms with Crippen molar-refractivity contribution < 1.29 is 0 Å². The molecule has 2 aromatic rings. The van der Waals surface area contributed by atoms with Crippen LogP contribution in [0.25, 0.3) is 5.65 Å². The Morgan fingerprint density at radius 1 is 1.33 bits per heavy atom. The third kappa shape index (κ3) is 1.83. The Bertz CT molecular complexity index is 474.